The van der Waals surface area contributed by atoms with Crippen LogP contribution in [0.25, 0.3) is 0 Å². The monoisotopic (exact) mass is 385 g/mol. The highest BCUT2D eigenvalue weighted by Crippen LogP contribution is 2.42. The van der Waals surface area contributed by atoms with Crippen molar-refractivity contribution in [2.24, 2.45) is 0 Å². The average Bonchev–Trinajstić information content (AvgIpc) is 2.64. The molecular formula is C8H2BrCl2N3O2S2. The van der Waals surface area contributed by atoms with Crippen molar-refractivity contribution in [3.8, 4) is 0 Å². The molecule has 5 nitrogen and oxygen atoms in total. The van der Waals surface area contributed by atoms with Gasteiger partial charge in [0, 0.05) is 22.1 Å². The third-order valence-electron chi connectivity index (χ3n) is 1.69. The van der Waals surface area contributed by atoms with Crippen molar-refractivity contribution in [2.45, 2.75) is 9.24 Å². The van der Waals surface area contributed by atoms with Crippen LogP contribution in [0.5, 0.6) is 0 Å². The highest BCUT2D eigenvalue weighted by molar-refractivity contribution is 9.11. The summed E-state index contributed by atoms with van der Waals surface area (Å²) in [7, 11) is 0. The lowest BCUT2D eigenvalue weighted by atomic mass is 10.5. The second-order valence-electron chi connectivity index (χ2n) is 2.88. The molecule has 10 heteroatoms. The first kappa shape index (κ1) is 14.0. The largest absolute Gasteiger partial charge is 0.390 e. The molecule has 0 aliphatic heterocycles. The van der Waals surface area contributed by atoms with Crippen LogP contribution in [0.1, 0.15) is 0 Å². The lowest BCUT2D eigenvalue weighted by Crippen LogP contribution is -1.89. The van der Waals surface area contributed by atoms with E-state index < -0.39 is 4.92 Å². The molecule has 18 heavy (non-hydrogen) atoms. The van der Waals surface area contributed by atoms with Gasteiger partial charge in [-0.05, 0) is 27.7 Å². The van der Waals surface area contributed by atoms with Crippen LogP contribution in [0.15, 0.2) is 25.4 Å². The van der Waals surface area contributed by atoms with Crippen LogP contribution < -0.4 is 0 Å². The predicted molar refractivity (Wildman–Crippen MR) is 74.8 cm³/mol. The van der Waals surface area contributed by atoms with Gasteiger partial charge < -0.3 is 10.1 Å². The maximum absolute atomic E-state index is 10.8. The molecule has 0 radical (unpaired) electrons. The molecule has 0 atom stereocenters. The molecule has 94 valence electrons. The van der Waals surface area contributed by atoms with E-state index in [1.807, 2.05) is 0 Å². The first-order valence-corrected chi connectivity index (χ1v) is 7.45. The first-order valence-electron chi connectivity index (χ1n) is 4.27. The molecule has 2 aromatic rings. The Morgan fingerprint density at radius 2 is 2.22 bits per heavy atom. The number of nitro groups is 1. The first-order chi connectivity index (χ1) is 8.47. The summed E-state index contributed by atoms with van der Waals surface area (Å²) in [6, 6.07) is 1.53. The third kappa shape index (κ3) is 3.12. The van der Waals surface area contributed by atoms with E-state index in [4.69, 9.17) is 23.2 Å². The Balaban J connectivity index is 2.36. The van der Waals surface area contributed by atoms with Crippen LogP contribution in [0, 0.1) is 10.1 Å². The SMILES string of the molecule is O=[N+]([O-])c1nc(Br)sc1Sc1ncc(Cl)cc1Cl. The normalized spacial score (nSPS) is 10.6. The number of halogens is 3. The second-order valence-corrected chi connectivity index (χ2v) is 7.25. The van der Waals surface area contributed by atoms with Crippen LogP contribution in [0.3, 0.4) is 0 Å². The van der Waals surface area contributed by atoms with Gasteiger partial charge in [-0.15, -0.1) is 0 Å². The number of thiazole rings is 1. The minimum absolute atomic E-state index is 0.218. The van der Waals surface area contributed by atoms with Crippen molar-refractivity contribution in [1.82, 2.24) is 9.97 Å². The smallest absolute Gasteiger partial charge is 0.358 e. The molecule has 0 aliphatic carbocycles. The van der Waals surface area contributed by atoms with Crippen molar-refractivity contribution in [3.05, 3.63) is 36.3 Å². The van der Waals surface area contributed by atoms with E-state index in [1.165, 1.54) is 12.3 Å². The second kappa shape index (κ2) is 5.70. The number of hydrogen-bond acceptors (Lipinski definition) is 6. The standard InChI is InChI=1S/C8H2BrCl2N3O2S2/c9-8-13-5(14(15)16)7(18-8)17-6-4(11)1-3(10)2-12-6/h1-2H. The molecule has 0 saturated heterocycles. The molecule has 2 rings (SSSR count). The summed E-state index contributed by atoms with van der Waals surface area (Å²) >= 11 is 17.0. The predicted octanol–water partition coefficient (Wildman–Crippen LogP) is 4.67. The summed E-state index contributed by atoms with van der Waals surface area (Å²) in [6.45, 7) is 0. The van der Waals surface area contributed by atoms with Gasteiger partial charge in [0.2, 0.25) is 0 Å². The number of rotatable bonds is 3. The highest BCUT2D eigenvalue weighted by Gasteiger charge is 2.23. The minimum atomic E-state index is -0.548. The van der Waals surface area contributed by atoms with Crippen LogP contribution in [-0.2, 0) is 0 Å². The van der Waals surface area contributed by atoms with Gasteiger partial charge >= 0.3 is 5.82 Å². The van der Waals surface area contributed by atoms with Crippen molar-refractivity contribution in [3.63, 3.8) is 0 Å². The molecule has 0 bridgehead atoms. The topological polar surface area (TPSA) is 68.9 Å². The lowest BCUT2D eigenvalue weighted by Gasteiger charge is -2.00. The molecule has 0 aliphatic rings. The maximum atomic E-state index is 10.8. The van der Waals surface area contributed by atoms with Gasteiger partial charge in [-0.1, -0.05) is 34.5 Å². The summed E-state index contributed by atoms with van der Waals surface area (Å²) in [5.74, 6) is -0.218. The average molecular weight is 387 g/mol. The molecule has 0 spiro atoms. The van der Waals surface area contributed by atoms with E-state index in [0.29, 0.717) is 23.2 Å². The summed E-state index contributed by atoms with van der Waals surface area (Å²) in [5.41, 5.74) is 0. The van der Waals surface area contributed by atoms with E-state index in [1.54, 1.807) is 0 Å². The summed E-state index contributed by atoms with van der Waals surface area (Å²) in [6.07, 6.45) is 1.43. The van der Waals surface area contributed by atoms with Crippen molar-refractivity contribution in [1.29, 1.82) is 0 Å². The van der Waals surface area contributed by atoms with E-state index in [9.17, 15) is 10.1 Å². The van der Waals surface area contributed by atoms with Gasteiger partial charge in [-0.25, -0.2) is 4.98 Å². The van der Waals surface area contributed by atoms with Crippen molar-refractivity contribution < 1.29 is 4.92 Å². The van der Waals surface area contributed by atoms with Crippen molar-refractivity contribution >= 4 is 68.0 Å². The molecule has 2 aromatic heterocycles. The number of aromatic nitrogens is 2. The fourth-order valence-corrected chi connectivity index (χ4v) is 4.28. The third-order valence-corrected chi connectivity index (χ3v) is 4.97. The van der Waals surface area contributed by atoms with Gasteiger partial charge in [0.1, 0.15) is 5.03 Å². The van der Waals surface area contributed by atoms with Gasteiger partial charge in [-0.2, -0.15) is 0 Å². The zero-order valence-corrected chi connectivity index (χ0v) is 13.0. The molecule has 2 heterocycles. The van der Waals surface area contributed by atoms with Crippen molar-refractivity contribution in [2.75, 3.05) is 0 Å². The zero-order valence-electron chi connectivity index (χ0n) is 8.26. The number of hydrogen-bond donors (Lipinski definition) is 0. The Kier molecular flexibility index (Phi) is 4.44. The van der Waals surface area contributed by atoms with Gasteiger partial charge in [0.15, 0.2) is 4.21 Å². The molecular weight excluding hydrogens is 385 g/mol. The lowest BCUT2D eigenvalue weighted by molar-refractivity contribution is -0.391. The zero-order chi connectivity index (χ0) is 13.3. The Hall–Kier alpha value is -0.410. The Bertz CT molecular complexity index is 622. The van der Waals surface area contributed by atoms with Crippen LogP contribution in [-0.4, -0.2) is 14.9 Å². The van der Waals surface area contributed by atoms with Crippen LogP contribution >= 0.6 is 62.2 Å². The summed E-state index contributed by atoms with van der Waals surface area (Å²) in [5, 5.41) is 12.0. The van der Waals surface area contributed by atoms with E-state index in [2.05, 4.69) is 25.9 Å². The van der Waals surface area contributed by atoms with E-state index in [0.717, 1.165) is 23.1 Å². The van der Waals surface area contributed by atoms with Crippen LogP contribution in [0.2, 0.25) is 10.0 Å². The van der Waals surface area contributed by atoms with Gasteiger partial charge in [0.05, 0.1) is 10.0 Å². The summed E-state index contributed by atoms with van der Waals surface area (Å²) < 4.78 is 0.838. The number of nitrogens with zero attached hydrogens (tertiary/aromatic N) is 3. The minimum Gasteiger partial charge on any atom is -0.358 e. The quantitative estimate of drug-likeness (QED) is 0.566. The summed E-state index contributed by atoms with van der Waals surface area (Å²) in [4.78, 5) is 18.1. The maximum Gasteiger partial charge on any atom is 0.390 e. The Morgan fingerprint density at radius 3 is 2.83 bits per heavy atom. The fraction of sp³-hybridized carbons (Fsp3) is 0. The van der Waals surface area contributed by atoms with Crippen LogP contribution in [0.4, 0.5) is 5.82 Å². The molecule has 0 amide bonds. The Labute approximate surface area is 128 Å². The van der Waals surface area contributed by atoms with Gasteiger partial charge in [-0.3, -0.25) is 0 Å². The van der Waals surface area contributed by atoms with E-state index in [-0.39, 0.29) is 5.82 Å². The fourth-order valence-electron chi connectivity index (χ4n) is 1.02. The van der Waals surface area contributed by atoms with E-state index >= 15 is 0 Å². The highest BCUT2D eigenvalue weighted by atomic mass is 79.9. The molecule has 0 aromatic carbocycles. The molecule has 0 unspecified atom stereocenters. The molecule has 0 saturated carbocycles. The number of pyridine rings is 1. The van der Waals surface area contributed by atoms with Gasteiger partial charge in [0.25, 0.3) is 3.92 Å². The molecule has 0 fully saturated rings. The Morgan fingerprint density at radius 1 is 1.50 bits per heavy atom. The molecule has 0 N–H and O–H groups in total.